The van der Waals surface area contributed by atoms with E-state index in [1.165, 1.54) is 42.6 Å². The van der Waals surface area contributed by atoms with Crippen LogP contribution in [0.5, 0.6) is 0 Å². The molecule has 1 aliphatic carbocycles. The Morgan fingerprint density at radius 3 is 2.41 bits per heavy atom. The van der Waals surface area contributed by atoms with Crippen LogP contribution in [0.2, 0.25) is 0 Å². The van der Waals surface area contributed by atoms with E-state index in [0.717, 1.165) is 38.9 Å². The van der Waals surface area contributed by atoms with Crippen molar-refractivity contribution in [2.24, 2.45) is 5.92 Å². The van der Waals surface area contributed by atoms with Crippen LogP contribution < -0.4 is 10.6 Å². The summed E-state index contributed by atoms with van der Waals surface area (Å²) in [6.07, 6.45) is 8.95. The molecule has 0 bridgehead atoms. The largest absolute Gasteiger partial charge is 0.444 e. The lowest BCUT2D eigenvalue weighted by molar-refractivity contribution is -0.124. The predicted molar refractivity (Wildman–Crippen MR) is 166 cm³/mol. The standard InChI is InChI=1S/C32H50N4O4S/c1-32(2,3)40-31(39)36-22-26(37)20-28(36)30(41)34-27(15-14-23-10-6-4-7-11-23)29(38)33-25-16-18-35(19-17-25)21-24-12-8-5-9-13-24/h5,8-9,12-13,23,25-28,37H,4,6-7,10-11,14-22H2,1-3H3,(H,33,38)(H,34,41)/t26-,27-,28+/m1/s1. The highest BCUT2D eigenvalue weighted by Gasteiger charge is 2.40. The molecule has 2 heterocycles. The van der Waals surface area contributed by atoms with Gasteiger partial charge in [-0.1, -0.05) is 74.7 Å². The zero-order valence-electron chi connectivity index (χ0n) is 25.1. The molecule has 3 atom stereocenters. The molecule has 3 N–H and O–H groups in total. The van der Waals surface area contributed by atoms with Crippen LogP contribution in [0.3, 0.4) is 0 Å². The summed E-state index contributed by atoms with van der Waals surface area (Å²) in [6, 6.07) is 9.68. The maximum atomic E-state index is 13.7. The van der Waals surface area contributed by atoms with Crippen LogP contribution >= 0.6 is 12.2 Å². The van der Waals surface area contributed by atoms with Crippen LogP contribution in [0.1, 0.15) is 90.5 Å². The summed E-state index contributed by atoms with van der Waals surface area (Å²) in [7, 11) is 0. The van der Waals surface area contributed by atoms with Crippen LogP contribution in [0.4, 0.5) is 4.79 Å². The zero-order valence-corrected chi connectivity index (χ0v) is 26.0. The Bertz CT molecular complexity index is 1000. The van der Waals surface area contributed by atoms with E-state index in [4.69, 9.17) is 17.0 Å². The third-order valence-electron chi connectivity index (χ3n) is 8.61. The monoisotopic (exact) mass is 586 g/mol. The van der Waals surface area contributed by atoms with Gasteiger partial charge in [0.25, 0.3) is 0 Å². The second kappa shape index (κ2) is 14.8. The van der Waals surface area contributed by atoms with E-state index >= 15 is 0 Å². The molecule has 0 unspecified atom stereocenters. The van der Waals surface area contributed by atoms with Crippen molar-refractivity contribution in [3.05, 3.63) is 35.9 Å². The smallest absolute Gasteiger partial charge is 0.410 e. The van der Waals surface area contributed by atoms with Gasteiger partial charge in [-0.3, -0.25) is 14.6 Å². The number of aliphatic hydroxyl groups is 1. The highest BCUT2D eigenvalue weighted by molar-refractivity contribution is 7.80. The van der Waals surface area contributed by atoms with Gasteiger partial charge in [0, 0.05) is 32.1 Å². The van der Waals surface area contributed by atoms with Gasteiger partial charge >= 0.3 is 6.09 Å². The lowest BCUT2D eigenvalue weighted by Crippen LogP contribution is -2.55. The average molecular weight is 587 g/mol. The number of hydrogen-bond acceptors (Lipinski definition) is 6. The van der Waals surface area contributed by atoms with Gasteiger partial charge in [-0.15, -0.1) is 0 Å². The number of thiocarbonyl (C=S) groups is 1. The number of carbonyl (C=O) groups excluding carboxylic acids is 2. The summed E-state index contributed by atoms with van der Waals surface area (Å²) in [5.74, 6) is 0.620. The summed E-state index contributed by atoms with van der Waals surface area (Å²) in [5.41, 5.74) is 0.663. The van der Waals surface area contributed by atoms with Gasteiger partial charge in [-0.2, -0.15) is 0 Å². The third kappa shape index (κ3) is 9.93. The van der Waals surface area contributed by atoms with Crippen molar-refractivity contribution in [2.75, 3.05) is 19.6 Å². The number of benzene rings is 1. The molecule has 41 heavy (non-hydrogen) atoms. The quantitative estimate of drug-likeness (QED) is 0.359. The van der Waals surface area contributed by atoms with E-state index < -0.39 is 29.9 Å². The van der Waals surface area contributed by atoms with Crippen molar-refractivity contribution in [2.45, 2.75) is 121 Å². The fourth-order valence-corrected chi connectivity index (χ4v) is 6.74. The molecule has 8 nitrogen and oxygen atoms in total. The fourth-order valence-electron chi connectivity index (χ4n) is 6.38. The van der Waals surface area contributed by atoms with Crippen molar-refractivity contribution in [1.29, 1.82) is 0 Å². The molecule has 0 spiro atoms. The van der Waals surface area contributed by atoms with Crippen molar-refractivity contribution >= 4 is 29.2 Å². The van der Waals surface area contributed by atoms with Gasteiger partial charge in [-0.05, 0) is 57.9 Å². The van der Waals surface area contributed by atoms with Crippen LogP contribution in [0, 0.1) is 5.92 Å². The first-order valence-electron chi connectivity index (χ1n) is 15.6. The molecule has 0 radical (unpaired) electrons. The van der Waals surface area contributed by atoms with E-state index in [9.17, 15) is 14.7 Å². The van der Waals surface area contributed by atoms with E-state index in [-0.39, 0.29) is 18.5 Å². The van der Waals surface area contributed by atoms with E-state index in [0.29, 0.717) is 23.7 Å². The van der Waals surface area contributed by atoms with Crippen LogP contribution in [-0.4, -0.2) is 81.4 Å². The highest BCUT2D eigenvalue weighted by atomic mass is 32.1. The molecular weight excluding hydrogens is 536 g/mol. The van der Waals surface area contributed by atoms with E-state index in [1.807, 2.05) is 26.8 Å². The first-order valence-corrected chi connectivity index (χ1v) is 16.0. The maximum Gasteiger partial charge on any atom is 0.410 e. The van der Waals surface area contributed by atoms with Crippen molar-refractivity contribution < 1.29 is 19.4 Å². The minimum atomic E-state index is -0.678. The normalized spacial score (nSPS) is 23.7. The molecular formula is C32H50N4O4S. The molecule has 9 heteroatoms. The van der Waals surface area contributed by atoms with Crippen LogP contribution in [0.15, 0.2) is 30.3 Å². The number of carbonyl (C=O) groups is 2. The second-order valence-corrected chi connectivity index (χ2v) is 13.7. The van der Waals surface area contributed by atoms with Crippen molar-refractivity contribution in [3.8, 4) is 0 Å². The number of rotatable bonds is 9. The summed E-state index contributed by atoms with van der Waals surface area (Å²) >= 11 is 5.79. The Labute approximate surface area is 251 Å². The number of β-amino-alcohol motifs (C(OH)–C–C–N with tert-alkyl or cyclic N) is 1. The Morgan fingerprint density at radius 1 is 1.07 bits per heavy atom. The summed E-state index contributed by atoms with van der Waals surface area (Å²) < 4.78 is 5.58. The number of likely N-dealkylation sites (tertiary alicyclic amines) is 2. The molecule has 1 aromatic carbocycles. The summed E-state index contributed by atoms with van der Waals surface area (Å²) in [4.78, 5) is 30.9. The van der Waals surface area contributed by atoms with Crippen molar-refractivity contribution in [3.63, 3.8) is 0 Å². The van der Waals surface area contributed by atoms with Gasteiger partial charge in [-0.25, -0.2) is 4.79 Å². The maximum absolute atomic E-state index is 13.7. The van der Waals surface area contributed by atoms with Gasteiger partial charge in [0.1, 0.15) is 11.6 Å². The number of amides is 2. The molecule has 2 saturated heterocycles. The summed E-state index contributed by atoms with van der Waals surface area (Å²) in [6.45, 7) is 8.46. The van der Waals surface area contributed by atoms with E-state index in [1.54, 1.807) is 0 Å². The first kappa shape index (κ1) is 31.7. The predicted octanol–water partition coefficient (Wildman–Crippen LogP) is 4.78. The summed E-state index contributed by atoms with van der Waals surface area (Å²) in [5, 5.41) is 17.1. The third-order valence-corrected chi connectivity index (χ3v) is 9.00. The van der Waals surface area contributed by atoms with Crippen LogP contribution in [0.25, 0.3) is 0 Å². The fraction of sp³-hybridized carbons (Fsp3) is 0.719. The molecule has 1 aromatic rings. The van der Waals surface area contributed by atoms with Gasteiger partial charge in [0.15, 0.2) is 0 Å². The SMILES string of the molecule is CC(C)(C)OC(=O)N1C[C@H](O)C[C@H]1C(=S)N[C@H](CCC1CCCCC1)C(=O)NC1CCN(Cc2ccccc2)CC1. The molecule has 228 valence electrons. The Balaban J connectivity index is 1.35. The molecule has 2 aliphatic heterocycles. The number of nitrogens with zero attached hydrogens (tertiary/aromatic N) is 2. The number of ether oxygens (including phenoxy) is 1. The Morgan fingerprint density at radius 2 is 1.76 bits per heavy atom. The molecule has 3 fully saturated rings. The van der Waals surface area contributed by atoms with Crippen molar-refractivity contribution in [1.82, 2.24) is 20.4 Å². The van der Waals surface area contributed by atoms with Gasteiger partial charge < -0.3 is 20.5 Å². The van der Waals surface area contributed by atoms with Crippen LogP contribution in [-0.2, 0) is 16.1 Å². The number of piperidine rings is 1. The first-order chi connectivity index (χ1) is 19.6. The number of hydrogen-bond donors (Lipinski definition) is 3. The molecule has 1 saturated carbocycles. The minimum Gasteiger partial charge on any atom is -0.444 e. The van der Waals surface area contributed by atoms with E-state index in [2.05, 4.69) is 39.8 Å². The molecule has 2 amide bonds. The topological polar surface area (TPSA) is 94.1 Å². The lowest BCUT2D eigenvalue weighted by atomic mass is 9.85. The average Bonchev–Trinajstić information content (AvgIpc) is 3.34. The zero-order chi connectivity index (χ0) is 29.4. The van der Waals surface area contributed by atoms with Gasteiger partial charge in [0.05, 0.1) is 23.7 Å². The Kier molecular flexibility index (Phi) is 11.4. The number of aliphatic hydroxyl groups excluding tert-OH is 1. The molecule has 0 aromatic heterocycles. The minimum absolute atomic E-state index is 0.0213. The Hall–Kier alpha value is -2.23. The molecule has 4 rings (SSSR count). The lowest BCUT2D eigenvalue weighted by Gasteiger charge is -2.34. The van der Waals surface area contributed by atoms with Gasteiger partial charge in [0.2, 0.25) is 5.91 Å². The highest BCUT2D eigenvalue weighted by Crippen LogP contribution is 2.28. The number of nitrogens with one attached hydrogen (secondary N) is 2. The second-order valence-electron chi connectivity index (χ2n) is 13.2. The molecule has 3 aliphatic rings.